The number of aryl methyl sites for hydroxylation is 2. The number of halogens is 1. The lowest BCUT2D eigenvalue weighted by molar-refractivity contribution is -0.141. The van der Waals surface area contributed by atoms with E-state index in [0.717, 1.165) is 11.1 Å². The van der Waals surface area contributed by atoms with Gasteiger partial charge in [0.05, 0.1) is 0 Å². The van der Waals surface area contributed by atoms with Gasteiger partial charge < -0.3 is 14.6 Å². The van der Waals surface area contributed by atoms with Crippen LogP contribution in [0.1, 0.15) is 28.4 Å². The molecule has 126 valence electrons. The molecule has 1 unspecified atom stereocenters. The number of esters is 1. The first-order chi connectivity index (χ1) is 11.3. The Morgan fingerprint density at radius 1 is 1.12 bits per heavy atom. The van der Waals surface area contributed by atoms with Gasteiger partial charge in [-0.1, -0.05) is 34.1 Å². The van der Waals surface area contributed by atoms with Gasteiger partial charge >= 0.3 is 11.9 Å². The van der Waals surface area contributed by atoms with Crippen LogP contribution in [0.15, 0.2) is 40.9 Å². The summed E-state index contributed by atoms with van der Waals surface area (Å²) in [6.07, 6.45) is -0.880. The number of ether oxygens (including phenoxy) is 2. The van der Waals surface area contributed by atoms with Gasteiger partial charge in [0.1, 0.15) is 17.1 Å². The lowest BCUT2D eigenvalue weighted by Gasteiger charge is -2.17. The van der Waals surface area contributed by atoms with Crippen LogP contribution in [0.4, 0.5) is 0 Å². The molecule has 0 spiro atoms. The van der Waals surface area contributed by atoms with Crippen LogP contribution < -0.4 is 9.47 Å². The first-order valence-electron chi connectivity index (χ1n) is 7.27. The van der Waals surface area contributed by atoms with Crippen LogP contribution >= 0.6 is 15.9 Å². The molecule has 0 aliphatic heterocycles. The summed E-state index contributed by atoms with van der Waals surface area (Å²) in [6.45, 7) is 5.34. The number of carboxylic acids is 1. The summed E-state index contributed by atoms with van der Waals surface area (Å²) in [7, 11) is 0. The molecular formula is C18H17BrO5. The molecule has 1 N–H and O–H groups in total. The van der Waals surface area contributed by atoms with E-state index >= 15 is 0 Å². The van der Waals surface area contributed by atoms with E-state index in [0.29, 0.717) is 10.2 Å². The highest BCUT2D eigenvalue weighted by atomic mass is 79.9. The fourth-order valence-corrected chi connectivity index (χ4v) is 2.52. The van der Waals surface area contributed by atoms with E-state index in [-0.39, 0.29) is 11.3 Å². The Balaban J connectivity index is 2.17. The van der Waals surface area contributed by atoms with E-state index in [1.165, 1.54) is 12.1 Å². The lowest BCUT2D eigenvalue weighted by Crippen LogP contribution is -2.29. The molecule has 0 fully saturated rings. The first kappa shape index (κ1) is 18.0. The molecule has 6 heteroatoms. The summed E-state index contributed by atoms with van der Waals surface area (Å²) in [5.74, 6) is -1.24. The molecule has 1 atom stereocenters. The number of rotatable bonds is 5. The lowest BCUT2D eigenvalue weighted by atomic mass is 10.1. The number of carbonyl (C=O) groups is 2. The normalized spacial score (nSPS) is 11.7. The predicted molar refractivity (Wildman–Crippen MR) is 92.7 cm³/mol. The summed E-state index contributed by atoms with van der Waals surface area (Å²) in [5.41, 5.74) is 1.71. The topological polar surface area (TPSA) is 72.8 Å². The minimum absolute atomic E-state index is 0.0207. The number of hydrogen-bond acceptors (Lipinski definition) is 4. The van der Waals surface area contributed by atoms with Crippen molar-refractivity contribution >= 4 is 27.9 Å². The second-order valence-corrected chi connectivity index (χ2v) is 6.26. The summed E-state index contributed by atoms with van der Waals surface area (Å²) < 4.78 is 11.5. The van der Waals surface area contributed by atoms with Gasteiger partial charge in [0.15, 0.2) is 6.10 Å². The van der Waals surface area contributed by atoms with E-state index in [9.17, 15) is 14.7 Å². The summed E-state index contributed by atoms with van der Waals surface area (Å²) in [6, 6.07) is 10.1. The molecule has 0 bridgehead atoms. The maximum atomic E-state index is 12.2. The van der Waals surface area contributed by atoms with Crippen LogP contribution in [-0.4, -0.2) is 23.1 Å². The molecule has 5 nitrogen and oxygen atoms in total. The Morgan fingerprint density at radius 3 is 2.33 bits per heavy atom. The molecule has 2 aromatic carbocycles. The van der Waals surface area contributed by atoms with Crippen molar-refractivity contribution < 1.29 is 24.2 Å². The third-order valence-electron chi connectivity index (χ3n) is 3.42. The number of carbonyl (C=O) groups excluding carboxylic acids is 1. The van der Waals surface area contributed by atoms with Crippen molar-refractivity contribution in [1.29, 1.82) is 0 Å². The molecule has 2 rings (SSSR count). The molecule has 0 radical (unpaired) electrons. The van der Waals surface area contributed by atoms with Crippen LogP contribution in [0.2, 0.25) is 0 Å². The molecule has 0 aromatic heterocycles. The van der Waals surface area contributed by atoms with Gasteiger partial charge in [-0.15, -0.1) is 0 Å². The Bertz CT molecular complexity index is 765. The van der Waals surface area contributed by atoms with E-state index in [1.54, 1.807) is 13.0 Å². The smallest absolute Gasteiger partial charge is 0.352 e. The average molecular weight is 393 g/mol. The van der Waals surface area contributed by atoms with Gasteiger partial charge in [-0.2, -0.15) is 0 Å². The SMILES string of the molecule is Cc1cccc(C)c1OC(C)C(=O)Oc1ccc(Br)cc1C(=O)O. The Hall–Kier alpha value is -2.34. The van der Waals surface area contributed by atoms with Crippen molar-refractivity contribution in [3.05, 3.63) is 57.6 Å². The van der Waals surface area contributed by atoms with Crippen molar-refractivity contribution in [1.82, 2.24) is 0 Å². The molecule has 0 heterocycles. The van der Waals surface area contributed by atoms with E-state index < -0.39 is 18.0 Å². The summed E-state index contributed by atoms with van der Waals surface area (Å²) in [4.78, 5) is 23.5. The van der Waals surface area contributed by atoms with Crippen molar-refractivity contribution in [2.75, 3.05) is 0 Å². The fraction of sp³-hybridized carbons (Fsp3) is 0.222. The molecular weight excluding hydrogens is 376 g/mol. The minimum Gasteiger partial charge on any atom is -0.478 e. The largest absolute Gasteiger partial charge is 0.478 e. The van der Waals surface area contributed by atoms with E-state index in [1.807, 2.05) is 32.0 Å². The van der Waals surface area contributed by atoms with Crippen LogP contribution in [0.3, 0.4) is 0 Å². The zero-order valence-corrected chi connectivity index (χ0v) is 15.1. The third kappa shape index (κ3) is 4.14. The highest BCUT2D eigenvalue weighted by Gasteiger charge is 2.22. The summed E-state index contributed by atoms with van der Waals surface area (Å²) >= 11 is 3.19. The second-order valence-electron chi connectivity index (χ2n) is 5.35. The third-order valence-corrected chi connectivity index (χ3v) is 3.91. The quantitative estimate of drug-likeness (QED) is 0.611. The van der Waals surface area contributed by atoms with Crippen molar-refractivity contribution in [3.63, 3.8) is 0 Å². The standard InChI is InChI=1S/C18H17BrO5/c1-10-5-4-6-11(2)16(10)23-12(3)18(22)24-15-8-7-13(19)9-14(15)17(20)21/h4-9,12H,1-3H3,(H,20,21). The van der Waals surface area contributed by atoms with Crippen molar-refractivity contribution in [2.45, 2.75) is 26.9 Å². The van der Waals surface area contributed by atoms with Crippen molar-refractivity contribution in [3.8, 4) is 11.5 Å². The summed E-state index contributed by atoms with van der Waals surface area (Å²) in [5, 5.41) is 9.21. The van der Waals surface area contributed by atoms with Crippen LogP contribution in [0.25, 0.3) is 0 Å². The fourth-order valence-electron chi connectivity index (χ4n) is 2.16. The molecule has 0 aliphatic rings. The zero-order chi connectivity index (χ0) is 17.9. The van der Waals surface area contributed by atoms with E-state index in [2.05, 4.69) is 15.9 Å². The second kappa shape index (κ2) is 7.49. The molecule has 0 aliphatic carbocycles. The first-order valence-corrected chi connectivity index (χ1v) is 8.06. The number of carboxylic acid groups (broad SMARTS) is 1. The van der Waals surface area contributed by atoms with Gasteiger partial charge in [0, 0.05) is 4.47 Å². The van der Waals surface area contributed by atoms with Gasteiger partial charge in [-0.05, 0) is 50.1 Å². The zero-order valence-electron chi connectivity index (χ0n) is 13.5. The highest BCUT2D eigenvalue weighted by molar-refractivity contribution is 9.10. The van der Waals surface area contributed by atoms with Crippen molar-refractivity contribution in [2.24, 2.45) is 0 Å². The number of benzene rings is 2. The maximum Gasteiger partial charge on any atom is 0.352 e. The van der Waals surface area contributed by atoms with Crippen LogP contribution in [0.5, 0.6) is 11.5 Å². The van der Waals surface area contributed by atoms with Gasteiger partial charge in [0.25, 0.3) is 0 Å². The Labute approximate surface area is 148 Å². The van der Waals surface area contributed by atoms with Gasteiger partial charge in [-0.3, -0.25) is 0 Å². The number of aromatic carboxylic acids is 1. The van der Waals surface area contributed by atoms with Crippen LogP contribution in [-0.2, 0) is 4.79 Å². The number of hydrogen-bond donors (Lipinski definition) is 1. The monoisotopic (exact) mass is 392 g/mol. The predicted octanol–water partition coefficient (Wildman–Crippen LogP) is 4.14. The van der Waals surface area contributed by atoms with Crippen LogP contribution in [0, 0.1) is 13.8 Å². The molecule has 2 aromatic rings. The Kier molecular flexibility index (Phi) is 5.62. The molecule has 0 amide bonds. The average Bonchev–Trinajstić information content (AvgIpc) is 2.52. The molecule has 24 heavy (non-hydrogen) atoms. The Morgan fingerprint density at radius 2 is 1.75 bits per heavy atom. The van der Waals surface area contributed by atoms with Gasteiger partial charge in [0.2, 0.25) is 0 Å². The molecule has 0 saturated heterocycles. The number of para-hydroxylation sites is 1. The highest BCUT2D eigenvalue weighted by Crippen LogP contribution is 2.26. The van der Waals surface area contributed by atoms with Gasteiger partial charge in [-0.25, -0.2) is 9.59 Å². The minimum atomic E-state index is -1.18. The van der Waals surface area contributed by atoms with E-state index in [4.69, 9.17) is 9.47 Å². The maximum absolute atomic E-state index is 12.2. The molecule has 0 saturated carbocycles.